The summed E-state index contributed by atoms with van der Waals surface area (Å²) >= 11 is 0. The molecule has 1 heterocycles. The van der Waals surface area contributed by atoms with Gasteiger partial charge in [-0.2, -0.15) is 0 Å². The number of imidazole rings is 1. The van der Waals surface area contributed by atoms with Crippen molar-refractivity contribution in [1.29, 1.82) is 0 Å². The van der Waals surface area contributed by atoms with Crippen LogP contribution < -0.4 is 17.0 Å². The molecular formula is C14H19ClN2. The highest BCUT2D eigenvalue weighted by atomic mass is 35.5. The lowest BCUT2D eigenvalue weighted by Crippen LogP contribution is -3.00. The molecule has 0 atom stereocenters. The zero-order chi connectivity index (χ0) is 11.6. The number of nitrogens with zero attached hydrogens (tertiary/aromatic N) is 2. The van der Waals surface area contributed by atoms with Gasteiger partial charge in [-0.25, -0.2) is 9.13 Å². The van der Waals surface area contributed by atoms with Crippen LogP contribution in [0.5, 0.6) is 0 Å². The van der Waals surface area contributed by atoms with Gasteiger partial charge in [0.25, 0.3) is 0 Å². The molecule has 92 valence electrons. The first kappa shape index (κ1) is 13.8. The molecule has 0 radical (unpaired) electrons. The summed E-state index contributed by atoms with van der Waals surface area (Å²) in [5.74, 6) is 0. The average Bonchev–Trinajstić information content (AvgIpc) is 2.67. The Morgan fingerprint density at radius 3 is 2.29 bits per heavy atom. The molecule has 2 aromatic rings. The summed E-state index contributed by atoms with van der Waals surface area (Å²) in [6.45, 7) is 7.56. The quantitative estimate of drug-likeness (QED) is 0.641. The third-order valence-electron chi connectivity index (χ3n) is 2.67. The Kier molecular flexibility index (Phi) is 4.35. The Morgan fingerprint density at radius 1 is 1.12 bits per heavy atom. The predicted molar refractivity (Wildman–Crippen MR) is 65.2 cm³/mol. The van der Waals surface area contributed by atoms with Crippen LogP contribution in [0.2, 0.25) is 0 Å². The molecule has 0 aliphatic rings. The number of hydrogen-bond donors (Lipinski definition) is 0. The molecule has 0 bridgehead atoms. The van der Waals surface area contributed by atoms with E-state index in [4.69, 9.17) is 0 Å². The van der Waals surface area contributed by atoms with E-state index < -0.39 is 0 Å². The summed E-state index contributed by atoms with van der Waals surface area (Å²) in [5.41, 5.74) is 1.49. The van der Waals surface area contributed by atoms with Gasteiger partial charge in [0.05, 0.1) is 0 Å². The number of halogens is 1. The fourth-order valence-electron chi connectivity index (χ4n) is 1.68. The number of aromatic nitrogens is 2. The van der Waals surface area contributed by atoms with Crippen molar-refractivity contribution < 1.29 is 17.0 Å². The Morgan fingerprint density at radius 2 is 1.76 bits per heavy atom. The Hall–Kier alpha value is -1.28. The van der Waals surface area contributed by atoms with Crippen molar-refractivity contribution in [2.45, 2.75) is 32.9 Å². The number of benzene rings is 1. The van der Waals surface area contributed by atoms with Crippen LogP contribution in [0.25, 0.3) is 0 Å². The van der Waals surface area contributed by atoms with Gasteiger partial charge in [0.15, 0.2) is 0 Å². The van der Waals surface area contributed by atoms with Crippen molar-refractivity contribution in [3.8, 4) is 0 Å². The maximum Gasteiger partial charge on any atom is 0.244 e. The normalized spacial score (nSPS) is 11.0. The van der Waals surface area contributed by atoms with Gasteiger partial charge >= 0.3 is 0 Å². The van der Waals surface area contributed by atoms with Crippen molar-refractivity contribution in [1.82, 2.24) is 4.57 Å². The fraction of sp³-hybridized carbons (Fsp3) is 0.357. The van der Waals surface area contributed by atoms with Crippen LogP contribution in [-0.2, 0) is 12.1 Å². The van der Waals surface area contributed by atoms with E-state index in [-0.39, 0.29) is 17.9 Å². The van der Waals surface area contributed by atoms with Crippen LogP contribution in [0.4, 0.5) is 0 Å². The van der Waals surface area contributed by atoms with Crippen LogP contribution in [0.15, 0.2) is 49.1 Å². The summed E-state index contributed by atoms with van der Waals surface area (Å²) in [5, 5.41) is 0. The highest BCUT2D eigenvalue weighted by Gasteiger charge is 2.18. The molecule has 2 rings (SSSR count). The van der Waals surface area contributed by atoms with E-state index in [0.717, 1.165) is 6.54 Å². The van der Waals surface area contributed by atoms with Gasteiger partial charge < -0.3 is 12.4 Å². The van der Waals surface area contributed by atoms with Crippen LogP contribution in [-0.4, -0.2) is 4.57 Å². The first-order chi connectivity index (χ1) is 7.55. The van der Waals surface area contributed by atoms with E-state index >= 15 is 0 Å². The van der Waals surface area contributed by atoms with Gasteiger partial charge in [-0.15, -0.1) is 0 Å². The standard InChI is InChI=1S/C14H19N2.ClH/c1-14(2,3)16-10-9-15(12-16)11-13-7-5-4-6-8-13;/h4-10,12H,11H2,1-3H3;1H/q+1;/p-1. The van der Waals surface area contributed by atoms with Crippen molar-refractivity contribution in [2.24, 2.45) is 0 Å². The Bertz CT molecular complexity index is 455. The SMILES string of the molecule is CC(C)(C)[n+]1ccn(Cc2ccccc2)c1.[Cl-]. The first-order valence-electron chi connectivity index (χ1n) is 5.67. The number of rotatable bonds is 2. The summed E-state index contributed by atoms with van der Waals surface area (Å²) in [6.07, 6.45) is 6.41. The minimum atomic E-state index is 0. The van der Waals surface area contributed by atoms with Crippen LogP contribution in [0.3, 0.4) is 0 Å². The summed E-state index contributed by atoms with van der Waals surface area (Å²) < 4.78 is 4.44. The fourth-order valence-corrected chi connectivity index (χ4v) is 1.68. The second kappa shape index (κ2) is 5.37. The molecular weight excluding hydrogens is 232 g/mol. The smallest absolute Gasteiger partial charge is 0.244 e. The highest BCUT2D eigenvalue weighted by Crippen LogP contribution is 2.05. The Balaban J connectivity index is 0.00000144. The van der Waals surface area contributed by atoms with Crippen LogP contribution >= 0.6 is 0 Å². The van der Waals surface area contributed by atoms with E-state index in [1.165, 1.54) is 5.56 Å². The third-order valence-corrected chi connectivity index (χ3v) is 2.67. The third kappa shape index (κ3) is 3.60. The topological polar surface area (TPSA) is 8.81 Å². The monoisotopic (exact) mass is 250 g/mol. The second-order valence-electron chi connectivity index (χ2n) is 5.15. The van der Waals surface area contributed by atoms with Gasteiger partial charge in [-0.1, -0.05) is 30.3 Å². The molecule has 0 unspecified atom stereocenters. The molecule has 17 heavy (non-hydrogen) atoms. The second-order valence-corrected chi connectivity index (χ2v) is 5.15. The molecule has 0 fully saturated rings. The van der Waals surface area contributed by atoms with E-state index in [1.807, 2.05) is 0 Å². The molecule has 0 aliphatic heterocycles. The number of hydrogen-bond acceptors (Lipinski definition) is 0. The maximum absolute atomic E-state index is 2.23. The lowest BCUT2D eigenvalue weighted by molar-refractivity contribution is -0.753. The molecule has 0 spiro atoms. The van der Waals surface area contributed by atoms with Gasteiger partial charge in [-0.05, 0) is 26.3 Å². The van der Waals surface area contributed by atoms with Gasteiger partial charge in [0.2, 0.25) is 6.33 Å². The van der Waals surface area contributed by atoms with Crippen LogP contribution in [0, 0.1) is 0 Å². The summed E-state index contributed by atoms with van der Waals surface area (Å²) in [4.78, 5) is 0. The van der Waals surface area contributed by atoms with Crippen molar-refractivity contribution in [2.75, 3.05) is 0 Å². The summed E-state index contributed by atoms with van der Waals surface area (Å²) in [7, 11) is 0. The minimum Gasteiger partial charge on any atom is -1.00 e. The molecule has 1 aromatic heterocycles. The van der Waals surface area contributed by atoms with Crippen molar-refractivity contribution in [3.05, 3.63) is 54.6 Å². The zero-order valence-corrected chi connectivity index (χ0v) is 11.4. The first-order valence-corrected chi connectivity index (χ1v) is 5.67. The van der Waals surface area contributed by atoms with E-state index in [9.17, 15) is 0 Å². The van der Waals surface area contributed by atoms with Crippen molar-refractivity contribution in [3.63, 3.8) is 0 Å². The van der Waals surface area contributed by atoms with Gasteiger partial charge in [0, 0.05) is 0 Å². The van der Waals surface area contributed by atoms with Crippen molar-refractivity contribution >= 4 is 0 Å². The lowest BCUT2D eigenvalue weighted by Gasteiger charge is -2.13. The molecule has 0 saturated carbocycles. The van der Waals surface area contributed by atoms with Crippen LogP contribution in [0.1, 0.15) is 26.3 Å². The van der Waals surface area contributed by atoms with Gasteiger partial charge in [0.1, 0.15) is 24.5 Å². The molecule has 1 aromatic carbocycles. The summed E-state index contributed by atoms with van der Waals surface area (Å²) in [6, 6.07) is 10.5. The Labute approximate surface area is 109 Å². The van der Waals surface area contributed by atoms with E-state index in [1.54, 1.807) is 0 Å². The van der Waals surface area contributed by atoms with Gasteiger partial charge in [-0.3, -0.25) is 0 Å². The molecule has 2 nitrogen and oxygen atoms in total. The average molecular weight is 251 g/mol. The lowest BCUT2D eigenvalue weighted by atomic mass is 10.1. The molecule has 0 saturated heterocycles. The molecule has 0 aliphatic carbocycles. The molecule has 0 N–H and O–H groups in total. The largest absolute Gasteiger partial charge is 1.00 e. The molecule has 0 amide bonds. The van der Waals surface area contributed by atoms with E-state index in [2.05, 4.69) is 79.0 Å². The predicted octanol–water partition coefficient (Wildman–Crippen LogP) is -0.417. The van der Waals surface area contributed by atoms with E-state index in [0.29, 0.717) is 0 Å². The molecule has 3 heteroatoms. The highest BCUT2D eigenvalue weighted by molar-refractivity contribution is 5.14. The maximum atomic E-state index is 2.23. The minimum absolute atomic E-state index is 0. The zero-order valence-electron chi connectivity index (χ0n) is 10.6.